The Morgan fingerprint density at radius 2 is 2.29 bits per heavy atom. The second kappa shape index (κ2) is 5.87. The summed E-state index contributed by atoms with van der Waals surface area (Å²) in [4.78, 5) is 12.0. The quantitative estimate of drug-likeness (QED) is 0.901. The molecule has 0 aliphatic carbocycles. The molecule has 1 aromatic carbocycles. The molecule has 0 saturated carbocycles. The maximum Gasteiger partial charge on any atom is 0.231 e. The Kier molecular flexibility index (Phi) is 3.77. The highest BCUT2D eigenvalue weighted by atomic mass is 16.7. The zero-order valence-electron chi connectivity index (χ0n) is 11.8. The average Bonchev–Trinajstić information content (AvgIpc) is 3.08. The van der Waals surface area contributed by atoms with Crippen molar-refractivity contribution in [3.63, 3.8) is 0 Å². The van der Waals surface area contributed by atoms with E-state index in [2.05, 4.69) is 10.4 Å². The van der Waals surface area contributed by atoms with Crippen molar-refractivity contribution in [1.29, 1.82) is 0 Å². The molecule has 1 aromatic heterocycles. The summed E-state index contributed by atoms with van der Waals surface area (Å²) in [7, 11) is 0. The highest BCUT2D eigenvalue weighted by molar-refractivity contribution is 5.79. The van der Waals surface area contributed by atoms with E-state index in [9.17, 15) is 4.79 Å². The number of amides is 1. The number of aromatic nitrogens is 2. The smallest absolute Gasteiger partial charge is 0.231 e. The van der Waals surface area contributed by atoms with Gasteiger partial charge in [0.2, 0.25) is 12.7 Å². The van der Waals surface area contributed by atoms with E-state index in [4.69, 9.17) is 9.47 Å². The molecule has 0 unspecified atom stereocenters. The third-order valence-corrected chi connectivity index (χ3v) is 3.23. The summed E-state index contributed by atoms with van der Waals surface area (Å²) in [6.45, 7) is 2.85. The molecule has 2 heterocycles. The molecule has 1 amide bonds. The van der Waals surface area contributed by atoms with Crippen LogP contribution < -0.4 is 14.8 Å². The third-order valence-electron chi connectivity index (χ3n) is 3.23. The lowest BCUT2D eigenvalue weighted by Gasteiger charge is -2.14. The van der Waals surface area contributed by atoms with Crippen molar-refractivity contribution in [2.75, 3.05) is 6.79 Å². The van der Waals surface area contributed by atoms with Gasteiger partial charge in [0.15, 0.2) is 11.5 Å². The van der Waals surface area contributed by atoms with Crippen molar-refractivity contribution < 1.29 is 14.3 Å². The number of carbonyl (C=O) groups excluding carboxylic acids is 1. The molecule has 6 nitrogen and oxygen atoms in total. The zero-order chi connectivity index (χ0) is 14.7. The lowest BCUT2D eigenvalue weighted by Crippen LogP contribution is -2.36. The number of hydrogen-bond donors (Lipinski definition) is 1. The number of carbonyl (C=O) groups is 1. The van der Waals surface area contributed by atoms with E-state index in [0.717, 1.165) is 11.3 Å². The Labute approximate surface area is 122 Å². The maximum atomic E-state index is 12.0. The molecule has 0 bridgehead atoms. The van der Waals surface area contributed by atoms with Crippen LogP contribution in [0.4, 0.5) is 0 Å². The highest BCUT2D eigenvalue weighted by Crippen LogP contribution is 2.32. The molecule has 3 rings (SSSR count). The van der Waals surface area contributed by atoms with Crippen LogP contribution in [0.2, 0.25) is 0 Å². The number of nitrogens with zero attached hydrogens (tertiary/aromatic N) is 2. The van der Waals surface area contributed by atoms with Gasteiger partial charge in [0.25, 0.3) is 0 Å². The van der Waals surface area contributed by atoms with E-state index in [1.165, 1.54) is 0 Å². The van der Waals surface area contributed by atoms with Gasteiger partial charge in [-0.05, 0) is 30.7 Å². The van der Waals surface area contributed by atoms with Crippen molar-refractivity contribution in [1.82, 2.24) is 15.1 Å². The van der Waals surface area contributed by atoms with Crippen LogP contribution >= 0.6 is 0 Å². The van der Waals surface area contributed by atoms with Crippen molar-refractivity contribution >= 4 is 5.91 Å². The normalized spacial score (nSPS) is 14.0. The molecule has 21 heavy (non-hydrogen) atoms. The van der Waals surface area contributed by atoms with Gasteiger partial charge < -0.3 is 14.8 Å². The van der Waals surface area contributed by atoms with Gasteiger partial charge in [-0.25, -0.2) is 0 Å². The lowest BCUT2D eigenvalue weighted by molar-refractivity contribution is -0.121. The van der Waals surface area contributed by atoms with Gasteiger partial charge in [0.05, 0.1) is 13.0 Å². The first-order valence-electron chi connectivity index (χ1n) is 6.86. The van der Waals surface area contributed by atoms with Crippen LogP contribution in [-0.4, -0.2) is 28.5 Å². The highest BCUT2D eigenvalue weighted by Gasteiger charge is 2.15. The van der Waals surface area contributed by atoms with Crippen molar-refractivity contribution in [2.45, 2.75) is 25.9 Å². The Morgan fingerprint density at radius 1 is 1.43 bits per heavy atom. The van der Waals surface area contributed by atoms with E-state index < -0.39 is 0 Å². The van der Waals surface area contributed by atoms with Crippen LogP contribution in [0.25, 0.3) is 0 Å². The van der Waals surface area contributed by atoms with Gasteiger partial charge in [0, 0.05) is 18.4 Å². The average molecular weight is 287 g/mol. The number of fused-ring (bicyclic) bond motifs is 1. The summed E-state index contributed by atoms with van der Waals surface area (Å²) in [5, 5.41) is 7.08. The molecule has 2 aromatic rings. The third kappa shape index (κ3) is 3.34. The Balaban J connectivity index is 1.54. The fourth-order valence-electron chi connectivity index (χ4n) is 2.30. The minimum atomic E-state index is -0.0199. The summed E-state index contributed by atoms with van der Waals surface area (Å²) in [5.41, 5.74) is 0.906. The molecular weight excluding hydrogens is 270 g/mol. The second-order valence-electron chi connectivity index (χ2n) is 5.06. The largest absolute Gasteiger partial charge is 0.454 e. The maximum absolute atomic E-state index is 12.0. The monoisotopic (exact) mass is 287 g/mol. The molecule has 1 N–H and O–H groups in total. The zero-order valence-corrected chi connectivity index (χ0v) is 11.8. The Morgan fingerprint density at radius 3 is 3.10 bits per heavy atom. The molecule has 0 fully saturated rings. The molecule has 0 radical (unpaired) electrons. The van der Waals surface area contributed by atoms with Gasteiger partial charge in [-0.3, -0.25) is 9.48 Å². The van der Waals surface area contributed by atoms with Gasteiger partial charge in [-0.1, -0.05) is 6.07 Å². The molecule has 0 saturated heterocycles. The predicted molar refractivity (Wildman–Crippen MR) is 76.1 cm³/mol. The second-order valence-corrected chi connectivity index (χ2v) is 5.06. The number of benzene rings is 1. The van der Waals surface area contributed by atoms with E-state index in [0.29, 0.717) is 18.7 Å². The van der Waals surface area contributed by atoms with Gasteiger partial charge in [0.1, 0.15) is 0 Å². The molecule has 1 aliphatic heterocycles. The fraction of sp³-hybridized carbons (Fsp3) is 0.333. The molecule has 110 valence electrons. The van der Waals surface area contributed by atoms with Crippen LogP contribution in [0.3, 0.4) is 0 Å². The first-order chi connectivity index (χ1) is 10.2. The van der Waals surface area contributed by atoms with Gasteiger partial charge in [-0.2, -0.15) is 5.10 Å². The molecule has 1 atom stereocenters. The lowest BCUT2D eigenvalue weighted by atomic mass is 10.1. The first-order valence-corrected chi connectivity index (χ1v) is 6.86. The van der Waals surface area contributed by atoms with E-state index in [-0.39, 0.29) is 18.7 Å². The van der Waals surface area contributed by atoms with Crippen molar-refractivity contribution in [3.05, 3.63) is 42.2 Å². The van der Waals surface area contributed by atoms with Gasteiger partial charge >= 0.3 is 0 Å². The summed E-state index contributed by atoms with van der Waals surface area (Å²) in [5.74, 6) is 1.41. The molecule has 0 spiro atoms. The van der Waals surface area contributed by atoms with Crippen LogP contribution in [0.15, 0.2) is 36.7 Å². The van der Waals surface area contributed by atoms with E-state index in [1.807, 2.05) is 37.4 Å². The predicted octanol–water partition coefficient (Wildman–Crippen LogP) is 1.36. The minimum Gasteiger partial charge on any atom is -0.454 e. The molecule has 1 aliphatic rings. The van der Waals surface area contributed by atoms with Crippen LogP contribution in [-0.2, 0) is 17.8 Å². The fourth-order valence-corrected chi connectivity index (χ4v) is 2.30. The van der Waals surface area contributed by atoms with Crippen molar-refractivity contribution in [3.8, 4) is 11.5 Å². The van der Waals surface area contributed by atoms with Crippen LogP contribution in [0, 0.1) is 0 Å². The Bertz CT molecular complexity index is 625. The van der Waals surface area contributed by atoms with Crippen LogP contribution in [0.5, 0.6) is 11.5 Å². The standard InChI is InChI=1S/C15H17N3O3/c1-11(9-18-6-2-5-16-18)17-15(19)8-12-3-4-13-14(7-12)21-10-20-13/h2-7,11H,8-10H2,1H3,(H,17,19)/t11-/m0/s1. The first kappa shape index (κ1) is 13.5. The summed E-state index contributed by atoms with van der Waals surface area (Å²) in [6, 6.07) is 7.44. The SMILES string of the molecule is C[C@@H](Cn1cccn1)NC(=O)Cc1ccc2c(c1)OCO2. The van der Waals surface area contributed by atoms with E-state index in [1.54, 1.807) is 10.9 Å². The molecular formula is C15H17N3O3. The van der Waals surface area contributed by atoms with Crippen LogP contribution in [0.1, 0.15) is 12.5 Å². The van der Waals surface area contributed by atoms with Gasteiger partial charge in [-0.15, -0.1) is 0 Å². The number of rotatable bonds is 5. The number of nitrogens with one attached hydrogen (secondary N) is 1. The number of ether oxygens (including phenoxy) is 2. The van der Waals surface area contributed by atoms with E-state index >= 15 is 0 Å². The minimum absolute atomic E-state index is 0.0198. The topological polar surface area (TPSA) is 65.4 Å². The Hall–Kier alpha value is -2.50. The summed E-state index contributed by atoms with van der Waals surface area (Å²) in [6.07, 6.45) is 3.92. The van der Waals surface area contributed by atoms with Crippen molar-refractivity contribution in [2.24, 2.45) is 0 Å². The summed E-state index contributed by atoms with van der Waals surface area (Å²) >= 11 is 0. The summed E-state index contributed by atoms with van der Waals surface area (Å²) < 4.78 is 12.4. The number of hydrogen-bond acceptors (Lipinski definition) is 4. The molecule has 6 heteroatoms.